The van der Waals surface area contributed by atoms with Crippen LogP contribution in [0.15, 0.2) is 10.9 Å². The van der Waals surface area contributed by atoms with Gasteiger partial charge in [-0.15, -0.1) is 0 Å². The maximum absolute atomic E-state index is 14.5. The molecular weight excluding hydrogens is 372 g/mol. The van der Waals surface area contributed by atoms with E-state index in [-0.39, 0.29) is 22.0 Å². The number of H-pyrrole nitrogens is 1. The van der Waals surface area contributed by atoms with Crippen LogP contribution in [-0.4, -0.2) is 35.0 Å². The smallest absolute Gasteiger partial charge is 0.261 e. The van der Waals surface area contributed by atoms with Crippen LogP contribution in [-0.2, 0) is 10.5 Å². The Morgan fingerprint density at radius 3 is 2.67 bits per heavy atom. The molecule has 27 heavy (non-hydrogen) atoms. The summed E-state index contributed by atoms with van der Waals surface area (Å²) in [5.74, 6) is -1.24. The first kappa shape index (κ1) is 20.1. The number of benzene rings is 1. The zero-order valence-corrected chi connectivity index (χ0v) is 16.6. The Morgan fingerprint density at radius 2 is 2.00 bits per heavy atom. The second-order valence-corrected chi connectivity index (χ2v) is 9.28. The van der Waals surface area contributed by atoms with Crippen LogP contribution in [0.1, 0.15) is 39.4 Å². The van der Waals surface area contributed by atoms with E-state index in [1.807, 2.05) is 20.8 Å². The lowest BCUT2D eigenvalue weighted by atomic mass is 9.97. The van der Waals surface area contributed by atoms with Crippen molar-refractivity contribution in [3.8, 4) is 0 Å². The first-order valence-corrected chi connectivity index (χ1v) is 10.1. The number of anilines is 1. The molecule has 0 bridgehead atoms. The normalized spacial score (nSPS) is 16.0. The second-order valence-electron chi connectivity index (χ2n) is 8.00. The van der Waals surface area contributed by atoms with Crippen molar-refractivity contribution in [2.24, 2.45) is 5.41 Å². The van der Waals surface area contributed by atoms with Crippen molar-refractivity contribution in [1.82, 2.24) is 9.97 Å². The number of fused-ring (bicyclic) bond motifs is 1. The first-order chi connectivity index (χ1) is 12.7. The quantitative estimate of drug-likeness (QED) is 0.796. The molecule has 1 saturated heterocycles. The van der Waals surface area contributed by atoms with Crippen LogP contribution in [0.3, 0.4) is 0 Å². The molecular formula is C19H25F2N3O2S. The van der Waals surface area contributed by atoms with Crippen LogP contribution in [0.25, 0.3) is 10.9 Å². The fourth-order valence-electron chi connectivity index (χ4n) is 2.88. The van der Waals surface area contributed by atoms with Gasteiger partial charge in [-0.2, -0.15) is 11.8 Å². The Hall–Kier alpha value is -1.67. The summed E-state index contributed by atoms with van der Waals surface area (Å²) < 4.78 is 34.1. The standard InChI is InChI=1S/C19H25F2N3O2S/c1-19(2,3)10-22-13-8-12-15(17(21)16(13)20)18(25)24-14(23-12)9-27-11-4-6-26-7-5-11/h8,11,22H,4-7,9-10H2,1-3H3,(H,23,24,25). The fraction of sp³-hybridized carbons (Fsp3) is 0.579. The van der Waals surface area contributed by atoms with Gasteiger partial charge in [-0.1, -0.05) is 20.8 Å². The fourth-order valence-corrected chi connectivity index (χ4v) is 3.94. The van der Waals surface area contributed by atoms with E-state index in [1.54, 1.807) is 11.8 Å². The Labute approximate surface area is 161 Å². The molecule has 2 aromatic rings. The third-order valence-electron chi connectivity index (χ3n) is 4.36. The van der Waals surface area contributed by atoms with Gasteiger partial charge in [0.25, 0.3) is 5.56 Å². The van der Waals surface area contributed by atoms with E-state index < -0.39 is 17.2 Å². The molecule has 1 aliphatic rings. The molecule has 148 valence electrons. The summed E-state index contributed by atoms with van der Waals surface area (Å²) in [5.41, 5.74) is -0.570. The Balaban J connectivity index is 1.87. The van der Waals surface area contributed by atoms with Gasteiger partial charge < -0.3 is 15.0 Å². The highest BCUT2D eigenvalue weighted by Crippen LogP contribution is 2.27. The minimum atomic E-state index is -1.17. The third kappa shape index (κ3) is 4.99. The lowest BCUT2D eigenvalue weighted by Crippen LogP contribution is -2.21. The Bertz CT molecular complexity index is 874. The van der Waals surface area contributed by atoms with Crippen LogP contribution >= 0.6 is 11.8 Å². The van der Waals surface area contributed by atoms with Crippen molar-refractivity contribution in [2.45, 2.75) is 44.6 Å². The molecule has 3 rings (SSSR count). The summed E-state index contributed by atoms with van der Waals surface area (Å²) >= 11 is 1.70. The van der Waals surface area contributed by atoms with E-state index in [9.17, 15) is 13.6 Å². The van der Waals surface area contributed by atoms with Crippen LogP contribution in [0.2, 0.25) is 0 Å². The molecule has 0 amide bonds. The highest BCUT2D eigenvalue weighted by atomic mass is 32.2. The van der Waals surface area contributed by atoms with Crippen LogP contribution in [0.5, 0.6) is 0 Å². The molecule has 1 fully saturated rings. The van der Waals surface area contributed by atoms with Crippen molar-refractivity contribution < 1.29 is 13.5 Å². The number of aromatic nitrogens is 2. The van der Waals surface area contributed by atoms with Crippen molar-refractivity contribution in [3.05, 3.63) is 33.9 Å². The molecule has 2 N–H and O–H groups in total. The van der Waals surface area contributed by atoms with E-state index >= 15 is 0 Å². The van der Waals surface area contributed by atoms with E-state index in [0.717, 1.165) is 26.1 Å². The number of nitrogens with zero attached hydrogens (tertiary/aromatic N) is 1. The summed E-state index contributed by atoms with van der Waals surface area (Å²) in [6.07, 6.45) is 1.92. The molecule has 2 heterocycles. The first-order valence-electron chi connectivity index (χ1n) is 9.09. The number of hydrogen-bond acceptors (Lipinski definition) is 5. The Kier molecular flexibility index (Phi) is 6.05. The number of rotatable bonds is 5. The van der Waals surface area contributed by atoms with Crippen molar-refractivity contribution >= 4 is 28.4 Å². The summed E-state index contributed by atoms with van der Waals surface area (Å²) in [7, 11) is 0. The van der Waals surface area contributed by atoms with Gasteiger partial charge in [0.1, 0.15) is 11.2 Å². The average Bonchev–Trinajstić information content (AvgIpc) is 2.61. The minimum Gasteiger partial charge on any atom is -0.382 e. The topological polar surface area (TPSA) is 67.0 Å². The third-order valence-corrected chi connectivity index (χ3v) is 5.74. The zero-order chi connectivity index (χ0) is 19.6. The molecule has 1 aliphatic heterocycles. The van der Waals surface area contributed by atoms with Gasteiger partial charge in [-0.25, -0.2) is 13.8 Å². The maximum atomic E-state index is 14.5. The van der Waals surface area contributed by atoms with E-state index in [1.165, 1.54) is 6.07 Å². The van der Waals surface area contributed by atoms with Gasteiger partial charge in [-0.3, -0.25) is 4.79 Å². The van der Waals surface area contributed by atoms with Gasteiger partial charge in [0.05, 0.1) is 17.0 Å². The van der Waals surface area contributed by atoms with Crippen molar-refractivity contribution in [1.29, 1.82) is 0 Å². The van der Waals surface area contributed by atoms with E-state index in [4.69, 9.17) is 4.74 Å². The number of halogens is 2. The van der Waals surface area contributed by atoms with E-state index in [0.29, 0.717) is 23.4 Å². The van der Waals surface area contributed by atoms with Gasteiger partial charge in [0, 0.05) is 25.0 Å². The van der Waals surface area contributed by atoms with Crippen molar-refractivity contribution in [3.63, 3.8) is 0 Å². The van der Waals surface area contributed by atoms with Gasteiger partial charge >= 0.3 is 0 Å². The summed E-state index contributed by atoms with van der Waals surface area (Å²) in [6, 6.07) is 1.41. The average molecular weight is 397 g/mol. The number of ether oxygens (including phenoxy) is 1. The number of hydrogen-bond donors (Lipinski definition) is 2. The number of nitrogens with one attached hydrogen (secondary N) is 2. The SMILES string of the molecule is CC(C)(C)CNc1cc2nc(CSC3CCOCC3)[nH]c(=O)c2c(F)c1F. The lowest BCUT2D eigenvalue weighted by Gasteiger charge is -2.21. The monoisotopic (exact) mass is 397 g/mol. The summed E-state index contributed by atoms with van der Waals surface area (Å²) in [6.45, 7) is 7.92. The zero-order valence-electron chi connectivity index (χ0n) is 15.8. The predicted molar refractivity (Wildman–Crippen MR) is 105 cm³/mol. The van der Waals surface area contributed by atoms with Gasteiger partial charge in [0.15, 0.2) is 11.6 Å². The highest BCUT2D eigenvalue weighted by Gasteiger charge is 2.20. The van der Waals surface area contributed by atoms with Gasteiger partial charge in [0.2, 0.25) is 0 Å². The summed E-state index contributed by atoms with van der Waals surface area (Å²) in [4.78, 5) is 19.3. The molecule has 0 unspecified atom stereocenters. The predicted octanol–water partition coefficient (Wildman–Crippen LogP) is 4.07. The van der Waals surface area contributed by atoms with Crippen LogP contribution < -0.4 is 10.9 Å². The van der Waals surface area contributed by atoms with Crippen LogP contribution in [0, 0.1) is 17.0 Å². The molecule has 0 saturated carbocycles. The van der Waals surface area contributed by atoms with Crippen LogP contribution in [0.4, 0.5) is 14.5 Å². The van der Waals surface area contributed by atoms with Crippen molar-refractivity contribution in [2.75, 3.05) is 25.1 Å². The summed E-state index contributed by atoms with van der Waals surface area (Å²) in [5, 5.41) is 3.04. The molecule has 8 heteroatoms. The van der Waals surface area contributed by atoms with E-state index in [2.05, 4.69) is 15.3 Å². The largest absolute Gasteiger partial charge is 0.382 e. The molecule has 0 radical (unpaired) electrons. The molecule has 5 nitrogen and oxygen atoms in total. The number of thioether (sulfide) groups is 1. The Morgan fingerprint density at radius 1 is 1.30 bits per heavy atom. The highest BCUT2D eigenvalue weighted by molar-refractivity contribution is 7.99. The molecule has 0 spiro atoms. The minimum absolute atomic E-state index is 0.0241. The van der Waals surface area contributed by atoms with Gasteiger partial charge in [-0.05, 0) is 24.3 Å². The molecule has 1 aromatic carbocycles. The second kappa shape index (κ2) is 8.14. The molecule has 0 atom stereocenters. The lowest BCUT2D eigenvalue weighted by molar-refractivity contribution is 0.1000. The molecule has 0 aliphatic carbocycles. The number of aromatic amines is 1. The maximum Gasteiger partial charge on any atom is 0.261 e. The molecule has 1 aromatic heterocycles.